The summed E-state index contributed by atoms with van der Waals surface area (Å²) in [5.41, 5.74) is 2.27. The number of nitriles is 1. The number of unbranched alkanes of at least 4 members (excludes halogenated alkanes) is 1. The lowest BCUT2D eigenvalue weighted by molar-refractivity contribution is -0.113. The Kier molecular flexibility index (Phi) is 7.48. The molecule has 2 aromatic carbocycles. The molecule has 6 nitrogen and oxygen atoms in total. The van der Waals surface area contributed by atoms with Crippen LogP contribution in [0.25, 0.3) is 0 Å². The summed E-state index contributed by atoms with van der Waals surface area (Å²) in [6.07, 6.45) is 2.12. The molecule has 2 aromatic rings. The highest BCUT2D eigenvalue weighted by atomic mass is 32.2. The predicted molar refractivity (Wildman–Crippen MR) is 127 cm³/mol. The molecule has 7 heteroatoms. The van der Waals surface area contributed by atoms with Gasteiger partial charge in [0.15, 0.2) is 0 Å². The highest BCUT2D eigenvalue weighted by molar-refractivity contribution is 8.16. The van der Waals surface area contributed by atoms with E-state index in [0.29, 0.717) is 17.9 Å². The van der Waals surface area contributed by atoms with E-state index in [0.717, 1.165) is 34.9 Å². The lowest BCUT2D eigenvalue weighted by Crippen LogP contribution is -2.17. The maximum absolute atomic E-state index is 12.4. The Hall–Kier alpha value is -3.11. The van der Waals surface area contributed by atoms with Crippen LogP contribution >= 0.6 is 11.8 Å². The van der Waals surface area contributed by atoms with E-state index < -0.39 is 5.66 Å². The fourth-order valence-electron chi connectivity index (χ4n) is 2.98. The number of nitrogens with zero attached hydrogens (tertiary/aromatic N) is 3. The van der Waals surface area contributed by atoms with Crippen molar-refractivity contribution >= 4 is 34.1 Å². The molecular formula is C24H26N4O2S. The monoisotopic (exact) mass is 434 g/mol. The van der Waals surface area contributed by atoms with Gasteiger partial charge in [0.2, 0.25) is 5.91 Å². The van der Waals surface area contributed by atoms with Crippen LogP contribution in [0.2, 0.25) is 0 Å². The zero-order chi connectivity index (χ0) is 22.3. The summed E-state index contributed by atoms with van der Waals surface area (Å²) in [7, 11) is 0. The van der Waals surface area contributed by atoms with Gasteiger partial charge in [-0.3, -0.25) is 9.79 Å². The van der Waals surface area contributed by atoms with E-state index in [2.05, 4.69) is 23.3 Å². The zero-order valence-electron chi connectivity index (χ0n) is 18.0. The van der Waals surface area contributed by atoms with Crippen molar-refractivity contribution in [3.8, 4) is 11.8 Å². The number of benzene rings is 2. The van der Waals surface area contributed by atoms with E-state index >= 15 is 0 Å². The molecule has 1 N–H and O–H groups in total. The van der Waals surface area contributed by atoms with E-state index in [1.165, 1.54) is 11.8 Å². The van der Waals surface area contributed by atoms with Crippen molar-refractivity contribution in [1.82, 2.24) is 0 Å². The second kappa shape index (κ2) is 10.3. The summed E-state index contributed by atoms with van der Waals surface area (Å²) >= 11 is 1.36. The van der Waals surface area contributed by atoms with Gasteiger partial charge >= 0.3 is 0 Å². The van der Waals surface area contributed by atoms with E-state index in [-0.39, 0.29) is 11.7 Å². The molecule has 0 saturated heterocycles. The number of hydrogen-bond acceptors (Lipinski definition) is 6. The van der Waals surface area contributed by atoms with Crippen LogP contribution in [0.1, 0.15) is 44.7 Å². The van der Waals surface area contributed by atoms with Gasteiger partial charge in [0.25, 0.3) is 0 Å². The summed E-state index contributed by atoms with van der Waals surface area (Å²) in [5, 5.41) is 12.6. The highest BCUT2D eigenvalue weighted by Crippen LogP contribution is 2.27. The first-order valence-electron chi connectivity index (χ1n) is 10.3. The van der Waals surface area contributed by atoms with Gasteiger partial charge in [0.1, 0.15) is 16.5 Å². The summed E-state index contributed by atoms with van der Waals surface area (Å²) in [5.74, 6) is 0.870. The molecule has 3 rings (SSSR count). The lowest BCUT2D eigenvalue weighted by atomic mass is 10.1. The molecule has 0 unspecified atom stereocenters. The standard InChI is InChI=1S/C24H26N4O2S/c1-4-5-13-30-20-11-9-18(10-12-20)22-23(28-24(2,3)27-22)31-16-21(29)26-19-8-6-7-17(14-19)15-25/h6-12,14H,4-5,13,16H2,1-3H3,(H,26,29). The Balaban J connectivity index is 1.64. The molecule has 0 aliphatic carbocycles. The van der Waals surface area contributed by atoms with Gasteiger partial charge in [0.05, 0.1) is 29.7 Å². The second-order valence-corrected chi connectivity index (χ2v) is 8.59. The highest BCUT2D eigenvalue weighted by Gasteiger charge is 2.28. The molecule has 160 valence electrons. The summed E-state index contributed by atoms with van der Waals surface area (Å²) < 4.78 is 5.74. The molecule has 1 heterocycles. The fraction of sp³-hybridized carbons (Fsp3) is 0.333. The van der Waals surface area contributed by atoms with Crippen LogP contribution in [-0.2, 0) is 4.79 Å². The number of anilines is 1. The van der Waals surface area contributed by atoms with Crippen molar-refractivity contribution < 1.29 is 9.53 Å². The minimum atomic E-state index is -0.564. The largest absolute Gasteiger partial charge is 0.494 e. The second-order valence-electron chi connectivity index (χ2n) is 7.63. The maximum Gasteiger partial charge on any atom is 0.234 e. The topological polar surface area (TPSA) is 86.8 Å². The molecular weight excluding hydrogens is 408 g/mol. The quantitative estimate of drug-likeness (QED) is 0.589. The number of hydrogen-bond donors (Lipinski definition) is 1. The van der Waals surface area contributed by atoms with Crippen LogP contribution in [0.15, 0.2) is 58.5 Å². The van der Waals surface area contributed by atoms with Gasteiger partial charge in [-0.15, -0.1) is 0 Å². The number of carbonyl (C=O) groups is 1. The van der Waals surface area contributed by atoms with Crippen molar-refractivity contribution in [3.63, 3.8) is 0 Å². The number of ether oxygens (including phenoxy) is 1. The summed E-state index contributed by atoms with van der Waals surface area (Å²) in [6.45, 7) is 6.72. The van der Waals surface area contributed by atoms with Crippen molar-refractivity contribution in [2.45, 2.75) is 39.3 Å². The molecule has 0 saturated carbocycles. The SMILES string of the molecule is CCCCOc1ccc(C2=NC(C)(C)N=C2SCC(=O)Nc2cccc(C#N)c2)cc1. The third kappa shape index (κ3) is 6.43. The smallest absolute Gasteiger partial charge is 0.234 e. The van der Waals surface area contributed by atoms with Gasteiger partial charge in [0, 0.05) is 11.3 Å². The first-order valence-corrected chi connectivity index (χ1v) is 11.2. The zero-order valence-corrected chi connectivity index (χ0v) is 18.8. The van der Waals surface area contributed by atoms with Crippen molar-refractivity contribution in [2.24, 2.45) is 9.98 Å². The van der Waals surface area contributed by atoms with Crippen molar-refractivity contribution in [2.75, 3.05) is 17.7 Å². The van der Waals surface area contributed by atoms with E-state index in [9.17, 15) is 4.79 Å². The fourth-order valence-corrected chi connectivity index (χ4v) is 3.91. The van der Waals surface area contributed by atoms with Crippen LogP contribution in [-0.4, -0.2) is 34.7 Å². The van der Waals surface area contributed by atoms with Gasteiger partial charge in [-0.25, -0.2) is 4.99 Å². The Morgan fingerprint density at radius 1 is 1.19 bits per heavy atom. The Bertz CT molecular complexity index is 1040. The molecule has 0 radical (unpaired) electrons. The minimum absolute atomic E-state index is 0.161. The molecule has 0 spiro atoms. The molecule has 1 aliphatic rings. The first-order chi connectivity index (χ1) is 14.9. The van der Waals surface area contributed by atoms with E-state index in [1.807, 2.05) is 38.1 Å². The Morgan fingerprint density at radius 3 is 2.68 bits per heavy atom. The predicted octanol–water partition coefficient (Wildman–Crippen LogP) is 5.05. The van der Waals surface area contributed by atoms with Gasteiger partial charge in [-0.1, -0.05) is 31.2 Å². The third-order valence-electron chi connectivity index (χ3n) is 4.47. The van der Waals surface area contributed by atoms with Crippen LogP contribution < -0.4 is 10.1 Å². The molecule has 1 aliphatic heterocycles. The average Bonchev–Trinajstić information content (AvgIpc) is 3.07. The molecule has 31 heavy (non-hydrogen) atoms. The summed E-state index contributed by atoms with van der Waals surface area (Å²) in [6, 6.07) is 16.8. The minimum Gasteiger partial charge on any atom is -0.494 e. The van der Waals surface area contributed by atoms with E-state index in [4.69, 9.17) is 15.0 Å². The molecule has 0 bridgehead atoms. The maximum atomic E-state index is 12.4. The molecule has 0 fully saturated rings. The number of rotatable bonds is 8. The van der Waals surface area contributed by atoms with Crippen molar-refractivity contribution in [3.05, 3.63) is 59.7 Å². The Labute approximate surface area is 187 Å². The molecule has 0 aromatic heterocycles. The number of nitrogens with one attached hydrogen (secondary N) is 1. The lowest BCUT2D eigenvalue weighted by Gasteiger charge is -2.09. The van der Waals surface area contributed by atoms with Crippen LogP contribution in [0.3, 0.4) is 0 Å². The number of thioether (sulfide) groups is 1. The average molecular weight is 435 g/mol. The van der Waals surface area contributed by atoms with E-state index in [1.54, 1.807) is 24.3 Å². The number of carbonyl (C=O) groups excluding carboxylic acids is 1. The van der Waals surface area contributed by atoms with Crippen LogP contribution in [0, 0.1) is 11.3 Å². The Morgan fingerprint density at radius 2 is 1.97 bits per heavy atom. The van der Waals surface area contributed by atoms with Crippen molar-refractivity contribution in [1.29, 1.82) is 5.26 Å². The summed E-state index contributed by atoms with van der Waals surface area (Å²) in [4.78, 5) is 21.9. The van der Waals surface area contributed by atoms with Crippen LogP contribution in [0.5, 0.6) is 5.75 Å². The third-order valence-corrected chi connectivity index (χ3v) is 5.44. The first kappa shape index (κ1) is 22.6. The number of amides is 1. The molecule has 0 atom stereocenters. The van der Waals surface area contributed by atoms with Gasteiger partial charge < -0.3 is 10.1 Å². The van der Waals surface area contributed by atoms with Gasteiger partial charge in [-0.05, 0) is 62.7 Å². The number of aliphatic imine (C=N–C) groups is 2. The normalized spacial score (nSPS) is 14.4. The molecule has 1 amide bonds. The van der Waals surface area contributed by atoms with Crippen LogP contribution in [0.4, 0.5) is 5.69 Å². The van der Waals surface area contributed by atoms with Gasteiger partial charge in [-0.2, -0.15) is 5.26 Å².